The highest BCUT2D eigenvalue weighted by Crippen LogP contribution is 2.31. The molecule has 0 spiro atoms. The zero-order valence-corrected chi connectivity index (χ0v) is 14.5. The molecular weight excluding hydrogens is 358 g/mol. The molecule has 0 fully saturated rings. The normalized spacial score (nSPS) is 12.7. The molecule has 1 amide bonds. The second-order valence-corrected chi connectivity index (χ2v) is 5.84. The number of esters is 1. The summed E-state index contributed by atoms with van der Waals surface area (Å²) in [7, 11) is 0. The quantitative estimate of drug-likeness (QED) is 0.643. The molecule has 1 heterocycles. The van der Waals surface area contributed by atoms with Crippen molar-refractivity contribution in [2.75, 3.05) is 25.1 Å². The van der Waals surface area contributed by atoms with Gasteiger partial charge in [0.05, 0.1) is 0 Å². The molecule has 0 aromatic heterocycles. The molecule has 134 valence electrons. The van der Waals surface area contributed by atoms with E-state index in [0.29, 0.717) is 35.4 Å². The highest BCUT2D eigenvalue weighted by molar-refractivity contribution is 6.30. The lowest BCUT2D eigenvalue weighted by molar-refractivity contribution is -0.142. The zero-order chi connectivity index (χ0) is 18.4. The average Bonchev–Trinajstić information content (AvgIpc) is 2.64. The van der Waals surface area contributed by atoms with Gasteiger partial charge in [0.1, 0.15) is 13.2 Å². The SMILES string of the molecule is O=C(COC(=O)/C=C/c1ccc2c(c1)OCCO2)Nc1cccc(Cl)c1. The fourth-order valence-electron chi connectivity index (χ4n) is 2.28. The minimum Gasteiger partial charge on any atom is -0.486 e. The number of amides is 1. The van der Waals surface area contributed by atoms with Crippen molar-refractivity contribution in [1.29, 1.82) is 0 Å². The Kier molecular flexibility index (Phi) is 5.76. The lowest BCUT2D eigenvalue weighted by Gasteiger charge is -2.18. The van der Waals surface area contributed by atoms with E-state index in [2.05, 4.69) is 5.32 Å². The van der Waals surface area contributed by atoms with E-state index in [1.54, 1.807) is 48.5 Å². The molecule has 6 nitrogen and oxygen atoms in total. The van der Waals surface area contributed by atoms with Crippen LogP contribution < -0.4 is 14.8 Å². The van der Waals surface area contributed by atoms with Crippen molar-refractivity contribution in [1.82, 2.24) is 0 Å². The molecule has 3 rings (SSSR count). The monoisotopic (exact) mass is 373 g/mol. The van der Waals surface area contributed by atoms with E-state index in [9.17, 15) is 9.59 Å². The molecule has 0 radical (unpaired) electrons. The van der Waals surface area contributed by atoms with Gasteiger partial charge in [0, 0.05) is 16.8 Å². The molecule has 0 unspecified atom stereocenters. The Balaban J connectivity index is 1.49. The first-order valence-electron chi connectivity index (χ1n) is 7.90. The molecule has 1 aliphatic heterocycles. The van der Waals surface area contributed by atoms with Crippen LogP contribution in [-0.4, -0.2) is 31.7 Å². The molecule has 26 heavy (non-hydrogen) atoms. The van der Waals surface area contributed by atoms with Crippen LogP contribution in [-0.2, 0) is 14.3 Å². The Labute approximate surface area is 155 Å². The van der Waals surface area contributed by atoms with Crippen LogP contribution in [0, 0.1) is 0 Å². The third kappa shape index (κ3) is 5.00. The van der Waals surface area contributed by atoms with E-state index in [0.717, 1.165) is 5.56 Å². The van der Waals surface area contributed by atoms with Crippen molar-refractivity contribution in [3.8, 4) is 11.5 Å². The van der Waals surface area contributed by atoms with Crippen LogP contribution in [0.3, 0.4) is 0 Å². The van der Waals surface area contributed by atoms with Gasteiger partial charge in [0.2, 0.25) is 0 Å². The largest absolute Gasteiger partial charge is 0.486 e. The number of carbonyl (C=O) groups is 2. The second-order valence-electron chi connectivity index (χ2n) is 5.40. The first-order valence-corrected chi connectivity index (χ1v) is 8.28. The number of rotatable bonds is 5. The van der Waals surface area contributed by atoms with E-state index < -0.39 is 18.5 Å². The maximum Gasteiger partial charge on any atom is 0.331 e. The van der Waals surface area contributed by atoms with Crippen LogP contribution in [0.5, 0.6) is 11.5 Å². The Morgan fingerprint density at radius 3 is 2.73 bits per heavy atom. The smallest absolute Gasteiger partial charge is 0.331 e. The molecule has 0 atom stereocenters. The number of nitrogens with one attached hydrogen (secondary N) is 1. The lowest BCUT2D eigenvalue weighted by Crippen LogP contribution is -2.20. The van der Waals surface area contributed by atoms with Crippen LogP contribution in [0.2, 0.25) is 5.02 Å². The van der Waals surface area contributed by atoms with Gasteiger partial charge in [0.15, 0.2) is 18.1 Å². The van der Waals surface area contributed by atoms with Crippen LogP contribution in [0.1, 0.15) is 5.56 Å². The standard InChI is InChI=1S/C19H16ClNO5/c20-14-2-1-3-15(11-14)21-18(22)12-26-19(23)7-5-13-4-6-16-17(10-13)25-9-8-24-16/h1-7,10-11H,8-9,12H2,(H,21,22)/b7-5+. The Bertz CT molecular complexity index is 850. The van der Waals surface area contributed by atoms with Crippen molar-refractivity contribution in [3.63, 3.8) is 0 Å². The fraction of sp³-hybridized carbons (Fsp3) is 0.158. The van der Waals surface area contributed by atoms with E-state index in [-0.39, 0.29) is 0 Å². The summed E-state index contributed by atoms with van der Waals surface area (Å²) in [6.45, 7) is 0.618. The number of benzene rings is 2. The summed E-state index contributed by atoms with van der Waals surface area (Å²) in [5.74, 6) is 0.232. The number of anilines is 1. The van der Waals surface area contributed by atoms with Gasteiger partial charge in [-0.1, -0.05) is 23.7 Å². The average molecular weight is 374 g/mol. The van der Waals surface area contributed by atoms with Gasteiger partial charge in [-0.2, -0.15) is 0 Å². The molecule has 0 saturated carbocycles. The number of halogens is 1. The van der Waals surface area contributed by atoms with E-state index >= 15 is 0 Å². The van der Waals surface area contributed by atoms with Gasteiger partial charge in [-0.05, 0) is 42.0 Å². The van der Waals surface area contributed by atoms with Crippen LogP contribution in [0.4, 0.5) is 5.69 Å². The summed E-state index contributed by atoms with van der Waals surface area (Å²) in [6, 6.07) is 12.0. The lowest BCUT2D eigenvalue weighted by atomic mass is 10.2. The van der Waals surface area contributed by atoms with Crippen molar-refractivity contribution in [2.24, 2.45) is 0 Å². The van der Waals surface area contributed by atoms with E-state index in [1.165, 1.54) is 6.08 Å². The Hall–Kier alpha value is -2.99. The van der Waals surface area contributed by atoms with E-state index in [4.69, 9.17) is 25.8 Å². The minimum atomic E-state index is -0.624. The molecule has 0 aliphatic carbocycles. The molecule has 7 heteroatoms. The third-order valence-electron chi connectivity index (χ3n) is 3.43. The summed E-state index contributed by atoms with van der Waals surface area (Å²) in [5, 5.41) is 3.09. The van der Waals surface area contributed by atoms with Crippen molar-refractivity contribution < 1.29 is 23.8 Å². The summed E-state index contributed by atoms with van der Waals surface area (Å²) in [6.07, 6.45) is 2.83. The molecule has 0 bridgehead atoms. The summed E-state index contributed by atoms with van der Waals surface area (Å²) < 4.78 is 15.8. The number of hydrogen-bond donors (Lipinski definition) is 1. The van der Waals surface area contributed by atoms with Crippen molar-refractivity contribution in [2.45, 2.75) is 0 Å². The predicted octanol–water partition coefficient (Wildman–Crippen LogP) is 3.31. The summed E-state index contributed by atoms with van der Waals surface area (Å²) in [5.41, 5.74) is 1.29. The van der Waals surface area contributed by atoms with Gasteiger partial charge < -0.3 is 19.5 Å². The van der Waals surface area contributed by atoms with Crippen molar-refractivity contribution in [3.05, 3.63) is 59.1 Å². The number of ether oxygens (including phenoxy) is 3. The second kappa shape index (κ2) is 8.40. The number of fused-ring (bicyclic) bond motifs is 1. The maximum absolute atomic E-state index is 11.8. The van der Waals surface area contributed by atoms with Crippen molar-refractivity contribution >= 4 is 35.2 Å². The molecule has 1 aliphatic rings. The predicted molar refractivity (Wildman–Crippen MR) is 97.5 cm³/mol. The third-order valence-corrected chi connectivity index (χ3v) is 3.67. The highest BCUT2D eigenvalue weighted by Gasteiger charge is 2.11. The summed E-state index contributed by atoms with van der Waals surface area (Å²) in [4.78, 5) is 23.5. The Morgan fingerprint density at radius 2 is 1.92 bits per heavy atom. The molecule has 1 N–H and O–H groups in total. The number of carbonyl (C=O) groups excluding carboxylic acids is 2. The summed E-state index contributed by atoms with van der Waals surface area (Å²) >= 11 is 5.84. The van der Waals surface area contributed by atoms with Crippen LogP contribution in [0.15, 0.2) is 48.5 Å². The first kappa shape index (κ1) is 17.8. The Morgan fingerprint density at radius 1 is 1.12 bits per heavy atom. The molecule has 2 aromatic rings. The van der Waals surface area contributed by atoms with Gasteiger partial charge in [0.25, 0.3) is 5.91 Å². The van der Waals surface area contributed by atoms with Crippen LogP contribution in [0.25, 0.3) is 6.08 Å². The molecular formula is C19H16ClNO5. The van der Waals surface area contributed by atoms with Crippen LogP contribution >= 0.6 is 11.6 Å². The van der Waals surface area contributed by atoms with Gasteiger partial charge >= 0.3 is 5.97 Å². The first-order chi connectivity index (χ1) is 12.6. The molecule has 0 saturated heterocycles. The van der Waals surface area contributed by atoms with Gasteiger partial charge in [-0.3, -0.25) is 4.79 Å². The van der Waals surface area contributed by atoms with Gasteiger partial charge in [-0.25, -0.2) is 4.79 Å². The number of hydrogen-bond acceptors (Lipinski definition) is 5. The van der Waals surface area contributed by atoms with E-state index in [1.807, 2.05) is 0 Å². The minimum absolute atomic E-state index is 0.392. The molecule has 2 aromatic carbocycles. The maximum atomic E-state index is 11.8. The fourth-order valence-corrected chi connectivity index (χ4v) is 2.47. The topological polar surface area (TPSA) is 73.9 Å². The highest BCUT2D eigenvalue weighted by atomic mass is 35.5. The zero-order valence-electron chi connectivity index (χ0n) is 13.7. The van der Waals surface area contributed by atoms with Gasteiger partial charge in [-0.15, -0.1) is 0 Å².